The van der Waals surface area contributed by atoms with E-state index in [1.807, 2.05) is 0 Å². The average Bonchev–Trinajstić information content (AvgIpc) is 1.86. The summed E-state index contributed by atoms with van der Waals surface area (Å²) < 4.78 is 0. The molecule has 0 aromatic carbocycles. The maximum absolute atomic E-state index is 3.52. The van der Waals surface area contributed by atoms with Gasteiger partial charge in [0, 0.05) is 32.6 Å². The topological polar surface area (TPSA) is 15.3 Å². The van der Waals surface area contributed by atoms with E-state index in [0.717, 1.165) is 18.1 Å². The molecule has 3 aliphatic rings. The molecular weight excluding hydrogens is 124 g/mol. The number of fused-ring (bicyclic) bond motifs is 2. The van der Waals surface area contributed by atoms with Crippen LogP contribution in [0.4, 0.5) is 0 Å². The first-order valence-corrected chi connectivity index (χ1v) is 4.26. The summed E-state index contributed by atoms with van der Waals surface area (Å²) in [6.07, 6.45) is 1.42. The Morgan fingerprint density at radius 2 is 1.90 bits per heavy atom. The minimum atomic E-state index is 0. The van der Waals surface area contributed by atoms with Gasteiger partial charge in [0.1, 0.15) is 0 Å². The fraction of sp³-hybridized carbons (Fsp3) is 1.00. The van der Waals surface area contributed by atoms with Crippen LogP contribution < -0.4 is 5.32 Å². The van der Waals surface area contributed by atoms with Crippen LogP contribution in [0.3, 0.4) is 0 Å². The summed E-state index contributed by atoms with van der Waals surface area (Å²) in [5.41, 5.74) is 0. The molecule has 3 heterocycles. The third-order valence-corrected chi connectivity index (χ3v) is 2.68. The van der Waals surface area contributed by atoms with Crippen LogP contribution in [-0.2, 0) is 0 Å². The smallest absolute Gasteiger partial charge is 0.0213 e. The second-order valence-electron chi connectivity index (χ2n) is 3.84. The van der Waals surface area contributed by atoms with Crippen LogP contribution >= 0.6 is 0 Å². The maximum atomic E-state index is 3.52. The lowest BCUT2D eigenvalue weighted by Gasteiger charge is -2.49. The Morgan fingerprint density at radius 3 is 2.20 bits per heavy atom. The SMILES string of the molecule is CC(C)N1CC2CC(C1)N2.[HH]. The van der Waals surface area contributed by atoms with E-state index in [1.54, 1.807) is 0 Å². The van der Waals surface area contributed by atoms with Crippen molar-refractivity contribution in [3.8, 4) is 0 Å². The number of hydrogen-bond donors (Lipinski definition) is 1. The molecule has 0 aromatic rings. The fourth-order valence-electron chi connectivity index (χ4n) is 1.97. The summed E-state index contributed by atoms with van der Waals surface area (Å²) >= 11 is 0. The van der Waals surface area contributed by atoms with E-state index in [-0.39, 0.29) is 1.43 Å². The van der Waals surface area contributed by atoms with Crippen molar-refractivity contribution in [1.29, 1.82) is 0 Å². The van der Waals surface area contributed by atoms with E-state index in [4.69, 9.17) is 0 Å². The third kappa shape index (κ3) is 0.956. The molecule has 3 fully saturated rings. The lowest BCUT2D eigenvalue weighted by Crippen LogP contribution is -2.67. The fourth-order valence-corrected chi connectivity index (χ4v) is 1.97. The molecule has 10 heavy (non-hydrogen) atoms. The monoisotopic (exact) mass is 142 g/mol. The molecule has 3 saturated heterocycles. The van der Waals surface area contributed by atoms with Gasteiger partial charge in [-0.25, -0.2) is 0 Å². The van der Waals surface area contributed by atoms with Gasteiger partial charge in [0.2, 0.25) is 0 Å². The highest BCUT2D eigenvalue weighted by atomic mass is 15.3. The molecule has 0 spiro atoms. The molecule has 0 radical (unpaired) electrons. The van der Waals surface area contributed by atoms with Crippen LogP contribution in [0.1, 0.15) is 21.7 Å². The van der Waals surface area contributed by atoms with Crippen LogP contribution in [-0.4, -0.2) is 36.1 Å². The van der Waals surface area contributed by atoms with Crippen LogP contribution in [0, 0.1) is 0 Å². The zero-order chi connectivity index (χ0) is 7.14. The molecule has 60 valence electrons. The van der Waals surface area contributed by atoms with Gasteiger partial charge in [-0.2, -0.15) is 0 Å². The minimum absolute atomic E-state index is 0. The molecule has 2 nitrogen and oxygen atoms in total. The summed E-state index contributed by atoms with van der Waals surface area (Å²) in [5.74, 6) is 0. The van der Waals surface area contributed by atoms with Gasteiger partial charge in [0.05, 0.1) is 0 Å². The summed E-state index contributed by atoms with van der Waals surface area (Å²) in [5, 5.41) is 3.52. The average molecular weight is 142 g/mol. The maximum Gasteiger partial charge on any atom is 0.0213 e. The van der Waals surface area contributed by atoms with Crippen molar-refractivity contribution in [2.45, 2.75) is 38.4 Å². The van der Waals surface area contributed by atoms with E-state index in [0.29, 0.717) is 0 Å². The number of rotatable bonds is 1. The molecule has 2 heteroatoms. The van der Waals surface area contributed by atoms with Gasteiger partial charge >= 0.3 is 0 Å². The van der Waals surface area contributed by atoms with Crippen molar-refractivity contribution in [2.24, 2.45) is 0 Å². The van der Waals surface area contributed by atoms with Crippen molar-refractivity contribution in [3.05, 3.63) is 0 Å². The molecular formula is C8H18N2. The van der Waals surface area contributed by atoms with Gasteiger partial charge in [-0.05, 0) is 20.3 Å². The Labute approximate surface area is 64.1 Å². The molecule has 2 unspecified atom stereocenters. The quantitative estimate of drug-likeness (QED) is 0.579. The molecule has 0 aliphatic carbocycles. The van der Waals surface area contributed by atoms with E-state index in [9.17, 15) is 0 Å². The van der Waals surface area contributed by atoms with Crippen molar-refractivity contribution in [3.63, 3.8) is 0 Å². The van der Waals surface area contributed by atoms with E-state index < -0.39 is 0 Å². The summed E-state index contributed by atoms with van der Waals surface area (Å²) in [7, 11) is 0. The number of piperidine rings is 1. The number of hydrogen-bond acceptors (Lipinski definition) is 2. The predicted molar refractivity (Wildman–Crippen MR) is 44.2 cm³/mol. The Kier molecular flexibility index (Phi) is 1.46. The zero-order valence-electron chi connectivity index (χ0n) is 6.80. The summed E-state index contributed by atoms with van der Waals surface area (Å²) in [6, 6.07) is 2.38. The number of piperazine rings is 1. The van der Waals surface area contributed by atoms with Gasteiger partial charge in [0.25, 0.3) is 0 Å². The number of nitrogens with one attached hydrogen (secondary N) is 1. The van der Waals surface area contributed by atoms with Crippen LogP contribution in [0.2, 0.25) is 0 Å². The Morgan fingerprint density at radius 1 is 1.40 bits per heavy atom. The molecule has 0 amide bonds. The Hall–Kier alpha value is -0.0800. The van der Waals surface area contributed by atoms with Gasteiger partial charge in [-0.3, -0.25) is 4.90 Å². The first kappa shape index (κ1) is 6.62. The highest BCUT2D eigenvalue weighted by molar-refractivity contribution is 4.98. The van der Waals surface area contributed by atoms with Gasteiger partial charge < -0.3 is 5.32 Å². The van der Waals surface area contributed by atoms with Crippen molar-refractivity contribution >= 4 is 0 Å². The molecule has 0 aromatic heterocycles. The molecule has 2 bridgehead atoms. The first-order valence-electron chi connectivity index (χ1n) is 4.26. The molecule has 3 aliphatic heterocycles. The lowest BCUT2D eigenvalue weighted by atomic mass is 9.90. The summed E-state index contributed by atoms with van der Waals surface area (Å²) in [6.45, 7) is 7.11. The van der Waals surface area contributed by atoms with Crippen molar-refractivity contribution in [1.82, 2.24) is 10.2 Å². The van der Waals surface area contributed by atoms with Crippen LogP contribution in [0.15, 0.2) is 0 Å². The van der Waals surface area contributed by atoms with E-state index in [1.165, 1.54) is 19.5 Å². The zero-order valence-corrected chi connectivity index (χ0v) is 6.80. The lowest BCUT2D eigenvalue weighted by molar-refractivity contribution is 0.0563. The molecule has 0 saturated carbocycles. The number of nitrogens with zero attached hydrogens (tertiary/aromatic N) is 1. The second-order valence-corrected chi connectivity index (χ2v) is 3.84. The molecule has 2 atom stereocenters. The first-order chi connectivity index (χ1) is 4.75. The summed E-state index contributed by atoms with van der Waals surface area (Å²) in [4.78, 5) is 2.56. The van der Waals surface area contributed by atoms with E-state index >= 15 is 0 Å². The highest BCUT2D eigenvalue weighted by Crippen LogP contribution is 2.21. The van der Waals surface area contributed by atoms with Gasteiger partial charge in [-0.15, -0.1) is 0 Å². The highest BCUT2D eigenvalue weighted by Gasteiger charge is 2.36. The normalized spacial score (nSPS) is 39.9. The van der Waals surface area contributed by atoms with Gasteiger partial charge in [-0.1, -0.05) is 0 Å². The van der Waals surface area contributed by atoms with Crippen LogP contribution in [0.25, 0.3) is 0 Å². The van der Waals surface area contributed by atoms with Crippen molar-refractivity contribution in [2.75, 3.05) is 13.1 Å². The van der Waals surface area contributed by atoms with E-state index in [2.05, 4.69) is 24.1 Å². The largest absolute Gasteiger partial charge is 0.309 e. The Bertz CT molecular complexity index is 122. The Balaban J connectivity index is 0.000000605. The van der Waals surface area contributed by atoms with Gasteiger partial charge in [0.15, 0.2) is 0 Å². The molecule has 1 N–H and O–H groups in total. The molecule has 3 rings (SSSR count). The standard InChI is InChI=1S/C8H16N2.H2/c1-6(2)10-4-7-3-8(5-10)9-7;/h6-9H,3-5H2,1-2H3;1H. The third-order valence-electron chi connectivity index (χ3n) is 2.68. The second kappa shape index (κ2) is 2.21. The minimum Gasteiger partial charge on any atom is -0.309 e. The predicted octanol–water partition coefficient (Wildman–Crippen LogP) is 0.687. The van der Waals surface area contributed by atoms with Crippen LogP contribution in [0.5, 0.6) is 0 Å². The van der Waals surface area contributed by atoms with Crippen molar-refractivity contribution < 1.29 is 1.43 Å².